The summed E-state index contributed by atoms with van der Waals surface area (Å²) >= 11 is 5.94. The van der Waals surface area contributed by atoms with Gasteiger partial charge in [0.15, 0.2) is 0 Å². The van der Waals surface area contributed by atoms with E-state index in [0.29, 0.717) is 17.4 Å². The molecule has 0 saturated carbocycles. The molecule has 0 atom stereocenters. The normalized spacial score (nSPS) is 14.4. The Hall–Kier alpha value is -2.44. The van der Waals surface area contributed by atoms with Crippen molar-refractivity contribution >= 4 is 11.6 Å². The maximum atomic E-state index is 12.6. The summed E-state index contributed by atoms with van der Waals surface area (Å²) in [5, 5.41) is 5.17. The molecule has 6 nitrogen and oxygen atoms in total. The molecule has 1 N–H and O–H groups in total. The highest BCUT2D eigenvalue weighted by atomic mass is 35.5. The summed E-state index contributed by atoms with van der Waals surface area (Å²) in [5.74, 6) is 0.596. The number of aromatic nitrogens is 4. The van der Waals surface area contributed by atoms with Gasteiger partial charge in [0.25, 0.3) is 5.56 Å². The first-order chi connectivity index (χ1) is 12.5. The van der Waals surface area contributed by atoms with Crippen LogP contribution in [-0.2, 0) is 26.6 Å². The van der Waals surface area contributed by atoms with E-state index in [1.807, 2.05) is 30.8 Å². The van der Waals surface area contributed by atoms with E-state index in [9.17, 15) is 4.79 Å². The second-order valence-corrected chi connectivity index (χ2v) is 7.14. The molecule has 134 valence electrons. The fourth-order valence-electron chi connectivity index (χ4n) is 3.30. The Bertz CT molecular complexity index is 986. The van der Waals surface area contributed by atoms with Gasteiger partial charge in [0.05, 0.1) is 17.0 Å². The molecule has 1 aromatic carbocycles. The molecule has 0 saturated heterocycles. The van der Waals surface area contributed by atoms with Gasteiger partial charge in [0.2, 0.25) is 0 Å². The van der Waals surface area contributed by atoms with Crippen molar-refractivity contribution in [2.75, 3.05) is 6.54 Å². The van der Waals surface area contributed by atoms with Crippen molar-refractivity contribution in [1.29, 1.82) is 0 Å². The molecule has 0 aliphatic carbocycles. The van der Waals surface area contributed by atoms with Crippen molar-refractivity contribution in [2.24, 2.45) is 7.05 Å². The molecule has 7 heteroatoms. The summed E-state index contributed by atoms with van der Waals surface area (Å²) in [4.78, 5) is 22.5. The quantitative estimate of drug-likeness (QED) is 0.770. The summed E-state index contributed by atoms with van der Waals surface area (Å²) in [6.07, 6.45) is 0.756. The lowest BCUT2D eigenvalue weighted by Crippen LogP contribution is -2.35. The zero-order valence-corrected chi connectivity index (χ0v) is 15.5. The molecule has 26 heavy (non-hydrogen) atoms. The van der Waals surface area contributed by atoms with Crippen molar-refractivity contribution in [3.63, 3.8) is 0 Å². The van der Waals surface area contributed by atoms with E-state index in [4.69, 9.17) is 11.6 Å². The van der Waals surface area contributed by atoms with Crippen molar-refractivity contribution in [3.8, 4) is 11.4 Å². The average molecular weight is 370 g/mol. The van der Waals surface area contributed by atoms with E-state index in [0.717, 1.165) is 47.7 Å². The number of nitrogens with one attached hydrogen (secondary N) is 1. The standard InChI is InChI=1S/C19H20ClN5O/c1-12-9-15(23-24(12)2)10-25-8-7-17-16(11-25)19(26)22-18(21-17)13-3-5-14(20)6-4-13/h3-6,9H,7-8,10-11H2,1-2H3,(H,21,22,26). The molecule has 4 rings (SSSR count). The number of aromatic amines is 1. The number of rotatable bonds is 3. The number of halogens is 1. The number of fused-ring (bicyclic) bond motifs is 1. The number of H-pyrrole nitrogens is 1. The Morgan fingerprint density at radius 2 is 2.04 bits per heavy atom. The summed E-state index contributed by atoms with van der Waals surface area (Å²) < 4.78 is 1.87. The summed E-state index contributed by atoms with van der Waals surface area (Å²) in [6.45, 7) is 4.22. The van der Waals surface area contributed by atoms with Crippen LogP contribution in [0.3, 0.4) is 0 Å². The zero-order valence-electron chi connectivity index (χ0n) is 14.8. The van der Waals surface area contributed by atoms with Crippen LogP contribution in [0.2, 0.25) is 5.02 Å². The minimum atomic E-state index is -0.0677. The third-order valence-corrected chi connectivity index (χ3v) is 5.07. The molecule has 1 aliphatic heterocycles. The molecule has 0 fully saturated rings. The molecule has 3 aromatic rings. The monoisotopic (exact) mass is 369 g/mol. The van der Waals surface area contributed by atoms with Gasteiger partial charge < -0.3 is 4.98 Å². The Morgan fingerprint density at radius 3 is 2.73 bits per heavy atom. The van der Waals surface area contributed by atoms with Crippen molar-refractivity contribution in [2.45, 2.75) is 26.4 Å². The van der Waals surface area contributed by atoms with E-state index in [2.05, 4.69) is 26.0 Å². The van der Waals surface area contributed by atoms with Crippen molar-refractivity contribution in [3.05, 3.63) is 68.4 Å². The van der Waals surface area contributed by atoms with Gasteiger partial charge in [-0.15, -0.1) is 0 Å². The van der Waals surface area contributed by atoms with Gasteiger partial charge in [-0.05, 0) is 37.3 Å². The SMILES string of the molecule is Cc1cc(CN2CCc3nc(-c4ccc(Cl)cc4)[nH]c(=O)c3C2)nn1C. The second-order valence-electron chi connectivity index (χ2n) is 6.71. The lowest BCUT2D eigenvalue weighted by molar-refractivity contribution is 0.238. The van der Waals surface area contributed by atoms with E-state index in [1.165, 1.54) is 0 Å². The van der Waals surface area contributed by atoms with Gasteiger partial charge in [0.1, 0.15) is 5.82 Å². The summed E-state index contributed by atoms with van der Waals surface area (Å²) in [7, 11) is 1.94. The first-order valence-electron chi connectivity index (χ1n) is 8.59. The Morgan fingerprint density at radius 1 is 1.27 bits per heavy atom. The lowest BCUT2D eigenvalue weighted by Gasteiger charge is -2.27. The molecule has 0 bridgehead atoms. The Balaban J connectivity index is 1.58. The van der Waals surface area contributed by atoms with E-state index < -0.39 is 0 Å². The molecular formula is C19H20ClN5O. The lowest BCUT2D eigenvalue weighted by atomic mass is 10.1. The molecule has 1 aliphatic rings. The highest BCUT2D eigenvalue weighted by Crippen LogP contribution is 2.21. The van der Waals surface area contributed by atoms with Crippen LogP contribution in [0.1, 0.15) is 22.6 Å². The van der Waals surface area contributed by atoms with E-state index >= 15 is 0 Å². The second kappa shape index (κ2) is 6.70. The first-order valence-corrected chi connectivity index (χ1v) is 8.97. The predicted molar refractivity (Wildman–Crippen MR) is 101 cm³/mol. The van der Waals surface area contributed by atoms with Crippen LogP contribution in [0.15, 0.2) is 35.1 Å². The van der Waals surface area contributed by atoms with Gasteiger partial charge in [-0.1, -0.05) is 11.6 Å². The van der Waals surface area contributed by atoms with Gasteiger partial charge in [-0.25, -0.2) is 4.98 Å². The number of hydrogen-bond donors (Lipinski definition) is 1. The smallest absolute Gasteiger partial charge is 0.255 e. The number of hydrogen-bond acceptors (Lipinski definition) is 4. The molecule has 0 radical (unpaired) electrons. The molecule has 0 amide bonds. The molecule has 2 aromatic heterocycles. The highest BCUT2D eigenvalue weighted by molar-refractivity contribution is 6.30. The van der Waals surface area contributed by atoms with Crippen LogP contribution in [0.5, 0.6) is 0 Å². The number of nitrogens with zero attached hydrogens (tertiary/aromatic N) is 4. The number of benzene rings is 1. The topological polar surface area (TPSA) is 66.8 Å². The minimum absolute atomic E-state index is 0.0677. The van der Waals surface area contributed by atoms with Gasteiger partial charge in [-0.3, -0.25) is 14.4 Å². The molecular weight excluding hydrogens is 350 g/mol. The molecule has 3 heterocycles. The first kappa shape index (κ1) is 17.0. The number of aryl methyl sites for hydroxylation is 2. The van der Waals surface area contributed by atoms with Gasteiger partial charge >= 0.3 is 0 Å². The van der Waals surface area contributed by atoms with Crippen molar-refractivity contribution < 1.29 is 0 Å². The largest absolute Gasteiger partial charge is 0.306 e. The van der Waals surface area contributed by atoms with Crippen LogP contribution in [0.4, 0.5) is 0 Å². The van der Waals surface area contributed by atoms with Crippen LogP contribution < -0.4 is 5.56 Å². The summed E-state index contributed by atoms with van der Waals surface area (Å²) in [6, 6.07) is 9.42. The Kier molecular flexibility index (Phi) is 4.38. The van der Waals surface area contributed by atoms with E-state index in [-0.39, 0.29) is 5.56 Å². The minimum Gasteiger partial charge on any atom is -0.306 e. The van der Waals surface area contributed by atoms with Crippen molar-refractivity contribution in [1.82, 2.24) is 24.6 Å². The van der Waals surface area contributed by atoms with Gasteiger partial charge in [-0.2, -0.15) is 5.10 Å². The maximum Gasteiger partial charge on any atom is 0.255 e. The van der Waals surface area contributed by atoms with Crippen LogP contribution in [0, 0.1) is 6.92 Å². The van der Waals surface area contributed by atoms with Crippen LogP contribution in [-0.4, -0.2) is 31.2 Å². The zero-order chi connectivity index (χ0) is 18.3. The van der Waals surface area contributed by atoms with Gasteiger partial charge in [0, 0.05) is 49.4 Å². The fourth-order valence-corrected chi connectivity index (χ4v) is 3.43. The molecule has 0 spiro atoms. The summed E-state index contributed by atoms with van der Waals surface area (Å²) in [5.41, 5.74) is 4.58. The average Bonchev–Trinajstić information content (AvgIpc) is 2.93. The third-order valence-electron chi connectivity index (χ3n) is 4.82. The van der Waals surface area contributed by atoms with Crippen LogP contribution >= 0.6 is 11.6 Å². The predicted octanol–water partition coefficient (Wildman–Crippen LogP) is 2.69. The Labute approximate surface area is 156 Å². The van der Waals surface area contributed by atoms with Crippen LogP contribution in [0.25, 0.3) is 11.4 Å². The fraction of sp³-hybridized carbons (Fsp3) is 0.316. The maximum absolute atomic E-state index is 12.6. The molecule has 0 unspecified atom stereocenters. The third kappa shape index (κ3) is 3.30. The highest BCUT2D eigenvalue weighted by Gasteiger charge is 2.22. The van der Waals surface area contributed by atoms with E-state index in [1.54, 1.807) is 12.1 Å².